The van der Waals surface area contributed by atoms with E-state index >= 15 is 0 Å². The Morgan fingerprint density at radius 3 is 2.81 bits per heavy atom. The van der Waals surface area contributed by atoms with Crippen molar-refractivity contribution in [3.8, 4) is 0 Å². The molecule has 1 saturated heterocycles. The van der Waals surface area contributed by atoms with Gasteiger partial charge in [0.05, 0.1) is 6.04 Å². The Morgan fingerprint density at radius 2 is 2.10 bits per heavy atom. The number of aryl methyl sites for hydroxylation is 1. The van der Waals surface area contributed by atoms with Crippen LogP contribution in [-0.2, 0) is 0 Å². The fraction of sp³-hybridized carbons (Fsp3) is 0.533. The zero-order chi connectivity index (χ0) is 14.4. The molecule has 4 rings (SSSR count). The van der Waals surface area contributed by atoms with Crippen LogP contribution in [0.4, 0.5) is 0 Å². The Balaban J connectivity index is 1.56. The van der Waals surface area contributed by atoms with Crippen LogP contribution in [0.1, 0.15) is 65.3 Å². The Kier molecular flexibility index (Phi) is 2.83. The third-order valence-corrected chi connectivity index (χ3v) is 4.23. The summed E-state index contributed by atoms with van der Waals surface area (Å²) < 4.78 is 10.4. The van der Waals surface area contributed by atoms with Crippen LogP contribution in [0.25, 0.3) is 0 Å². The summed E-state index contributed by atoms with van der Waals surface area (Å²) in [6.07, 6.45) is 4.14. The van der Waals surface area contributed by atoms with Crippen molar-refractivity contribution >= 4 is 5.91 Å². The van der Waals surface area contributed by atoms with Gasteiger partial charge in [0.25, 0.3) is 5.91 Å². The molecule has 1 amide bonds. The van der Waals surface area contributed by atoms with E-state index in [0.717, 1.165) is 49.4 Å². The zero-order valence-electron chi connectivity index (χ0n) is 11.9. The summed E-state index contributed by atoms with van der Waals surface area (Å²) in [6, 6.07) is 3.68. The summed E-state index contributed by atoms with van der Waals surface area (Å²) in [5.74, 6) is 1.99. The average molecular weight is 287 g/mol. The van der Waals surface area contributed by atoms with Crippen LogP contribution in [0.5, 0.6) is 0 Å². The van der Waals surface area contributed by atoms with Gasteiger partial charge >= 0.3 is 0 Å². The van der Waals surface area contributed by atoms with Gasteiger partial charge in [-0.2, -0.15) is 0 Å². The van der Waals surface area contributed by atoms with Gasteiger partial charge in [-0.1, -0.05) is 10.3 Å². The molecule has 0 aromatic carbocycles. The molecule has 1 aliphatic carbocycles. The molecular weight excluding hydrogens is 270 g/mol. The molecule has 0 spiro atoms. The van der Waals surface area contributed by atoms with Crippen molar-refractivity contribution in [2.75, 3.05) is 6.54 Å². The van der Waals surface area contributed by atoms with Crippen LogP contribution in [0.3, 0.4) is 0 Å². The van der Waals surface area contributed by atoms with Gasteiger partial charge in [0.2, 0.25) is 0 Å². The largest absolute Gasteiger partial charge is 0.361 e. The zero-order valence-corrected chi connectivity index (χ0v) is 11.9. The lowest BCUT2D eigenvalue weighted by Crippen LogP contribution is -2.30. The molecule has 21 heavy (non-hydrogen) atoms. The summed E-state index contributed by atoms with van der Waals surface area (Å²) in [4.78, 5) is 14.5. The average Bonchev–Trinajstić information content (AvgIpc) is 2.94. The summed E-state index contributed by atoms with van der Waals surface area (Å²) in [5.41, 5.74) is 1.23. The number of likely N-dealkylation sites (tertiary alicyclic amines) is 1. The molecule has 3 heterocycles. The maximum absolute atomic E-state index is 12.6. The molecule has 0 bridgehead atoms. The number of hydrogen-bond acceptors (Lipinski definition) is 5. The number of aromatic nitrogens is 2. The van der Waals surface area contributed by atoms with E-state index in [0.29, 0.717) is 11.6 Å². The van der Waals surface area contributed by atoms with Gasteiger partial charge < -0.3 is 13.9 Å². The number of carbonyl (C=O) groups excluding carboxylic acids is 1. The van der Waals surface area contributed by atoms with E-state index in [2.05, 4.69) is 10.3 Å². The molecule has 1 aliphatic heterocycles. The highest BCUT2D eigenvalue weighted by Gasteiger charge is 2.35. The molecule has 6 heteroatoms. The first-order valence-electron chi connectivity index (χ1n) is 7.43. The van der Waals surface area contributed by atoms with Gasteiger partial charge in [-0.05, 0) is 32.6 Å². The minimum absolute atomic E-state index is 0.0176. The topological polar surface area (TPSA) is 72.4 Å². The second kappa shape index (κ2) is 4.72. The van der Waals surface area contributed by atoms with E-state index in [-0.39, 0.29) is 11.9 Å². The molecule has 6 nitrogen and oxygen atoms in total. The fourth-order valence-corrected chi connectivity index (χ4v) is 2.96. The van der Waals surface area contributed by atoms with Crippen molar-refractivity contribution in [2.45, 2.75) is 44.6 Å². The first-order chi connectivity index (χ1) is 10.2. The first-order valence-corrected chi connectivity index (χ1v) is 7.43. The molecule has 0 N–H and O–H groups in total. The highest BCUT2D eigenvalue weighted by Crippen LogP contribution is 2.40. The third-order valence-electron chi connectivity index (χ3n) is 4.23. The van der Waals surface area contributed by atoms with Crippen molar-refractivity contribution < 1.29 is 13.8 Å². The molecule has 2 fully saturated rings. The van der Waals surface area contributed by atoms with Gasteiger partial charge in [0.1, 0.15) is 17.2 Å². The minimum atomic E-state index is -0.0752. The van der Waals surface area contributed by atoms with E-state index in [4.69, 9.17) is 9.05 Å². The Bertz CT molecular complexity index is 671. The number of nitrogens with zero attached hydrogens (tertiary/aromatic N) is 3. The van der Waals surface area contributed by atoms with Gasteiger partial charge in [-0.3, -0.25) is 4.79 Å². The van der Waals surface area contributed by atoms with Crippen molar-refractivity contribution in [3.05, 3.63) is 35.0 Å². The molecule has 110 valence electrons. The Hall–Kier alpha value is -2.11. The lowest BCUT2D eigenvalue weighted by atomic mass is 10.1. The smallest absolute Gasteiger partial charge is 0.276 e. The number of rotatable bonds is 3. The van der Waals surface area contributed by atoms with Gasteiger partial charge in [-0.15, -0.1) is 0 Å². The third kappa shape index (κ3) is 2.24. The van der Waals surface area contributed by atoms with E-state index < -0.39 is 0 Å². The lowest BCUT2D eigenvalue weighted by molar-refractivity contribution is 0.0720. The lowest BCUT2D eigenvalue weighted by Gasteiger charge is -2.21. The molecule has 2 aromatic heterocycles. The van der Waals surface area contributed by atoms with E-state index in [1.165, 1.54) is 0 Å². The monoisotopic (exact) mass is 287 g/mol. The molecule has 1 atom stereocenters. The second-order valence-electron chi connectivity index (χ2n) is 5.91. The SMILES string of the molecule is Cc1cc(C2CCCN2C(=O)c2cc(C3CC3)on2)no1. The number of carbonyl (C=O) groups is 1. The van der Waals surface area contributed by atoms with Crippen LogP contribution in [0, 0.1) is 6.92 Å². The van der Waals surface area contributed by atoms with Gasteiger partial charge in [0.15, 0.2) is 5.69 Å². The van der Waals surface area contributed by atoms with Gasteiger partial charge in [0, 0.05) is 24.6 Å². The maximum Gasteiger partial charge on any atom is 0.276 e. The molecule has 1 saturated carbocycles. The normalized spacial score (nSPS) is 22.0. The molecule has 2 aromatic rings. The van der Waals surface area contributed by atoms with Crippen LogP contribution in [-0.4, -0.2) is 27.7 Å². The highest BCUT2D eigenvalue weighted by atomic mass is 16.5. The van der Waals surface area contributed by atoms with Gasteiger partial charge in [-0.25, -0.2) is 0 Å². The molecular formula is C15H17N3O3. The van der Waals surface area contributed by atoms with E-state index in [1.54, 1.807) is 6.07 Å². The first kappa shape index (κ1) is 12.6. The summed E-state index contributed by atoms with van der Waals surface area (Å²) in [7, 11) is 0. The Labute approximate surface area is 122 Å². The maximum atomic E-state index is 12.6. The van der Waals surface area contributed by atoms with Crippen LogP contribution >= 0.6 is 0 Å². The van der Waals surface area contributed by atoms with Crippen LogP contribution < -0.4 is 0 Å². The second-order valence-corrected chi connectivity index (χ2v) is 5.91. The summed E-state index contributed by atoms with van der Waals surface area (Å²) >= 11 is 0. The number of hydrogen-bond donors (Lipinski definition) is 0. The molecule has 0 radical (unpaired) electrons. The van der Waals surface area contributed by atoms with Crippen molar-refractivity contribution in [2.24, 2.45) is 0 Å². The van der Waals surface area contributed by atoms with E-state index in [9.17, 15) is 4.79 Å². The van der Waals surface area contributed by atoms with Crippen molar-refractivity contribution in [1.82, 2.24) is 15.2 Å². The molecule has 1 unspecified atom stereocenters. The Morgan fingerprint density at radius 1 is 1.24 bits per heavy atom. The predicted molar refractivity (Wildman–Crippen MR) is 72.7 cm³/mol. The summed E-state index contributed by atoms with van der Waals surface area (Å²) in [5, 5.41) is 8.00. The quantitative estimate of drug-likeness (QED) is 0.868. The predicted octanol–water partition coefficient (Wildman–Crippen LogP) is 2.83. The standard InChI is InChI=1S/C15H17N3O3/c1-9-7-11(16-20-9)13-3-2-6-18(13)15(19)12-8-14(21-17-12)10-4-5-10/h7-8,10,13H,2-6H2,1H3. The minimum Gasteiger partial charge on any atom is -0.361 e. The van der Waals surface area contributed by atoms with Crippen molar-refractivity contribution in [1.29, 1.82) is 0 Å². The number of amides is 1. The van der Waals surface area contributed by atoms with E-state index in [1.807, 2.05) is 17.9 Å². The fourth-order valence-electron chi connectivity index (χ4n) is 2.96. The summed E-state index contributed by atoms with van der Waals surface area (Å²) in [6.45, 7) is 2.58. The highest BCUT2D eigenvalue weighted by molar-refractivity contribution is 5.92. The van der Waals surface area contributed by atoms with Crippen LogP contribution in [0.15, 0.2) is 21.2 Å². The molecule has 2 aliphatic rings. The van der Waals surface area contributed by atoms with Crippen LogP contribution in [0.2, 0.25) is 0 Å². The van der Waals surface area contributed by atoms with Crippen molar-refractivity contribution in [3.63, 3.8) is 0 Å².